The smallest absolute Gasteiger partial charge is 0.462 e. The van der Waals surface area contributed by atoms with Gasteiger partial charge in [0, 0.05) is 25.7 Å². The molecule has 0 rings (SSSR count). The Morgan fingerprint density at radius 1 is 0.303 bits per heavy atom. The maximum atomic E-state index is 13.0. The molecule has 0 radical (unpaired) electrons. The van der Waals surface area contributed by atoms with Crippen LogP contribution in [-0.4, -0.2) is 96.7 Å². The summed E-state index contributed by atoms with van der Waals surface area (Å²) in [7, 11) is -9.90. The van der Waals surface area contributed by atoms with E-state index in [1.807, 2.05) is 0 Å². The summed E-state index contributed by atoms with van der Waals surface area (Å²) in [5, 5.41) is 10.6. The van der Waals surface area contributed by atoms with Crippen LogP contribution >= 0.6 is 15.6 Å². The number of rotatable bonds is 69. The van der Waals surface area contributed by atoms with Crippen molar-refractivity contribution < 1.29 is 80.2 Å². The first kappa shape index (κ1) is 87.1. The molecule has 19 heteroatoms. The number of phosphoric ester groups is 2. The third kappa shape index (κ3) is 64.6. The van der Waals surface area contributed by atoms with E-state index in [2.05, 4.69) is 41.5 Å². The van der Waals surface area contributed by atoms with Gasteiger partial charge in [0.2, 0.25) is 0 Å². The minimum absolute atomic E-state index is 0.104. The van der Waals surface area contributed by atoms with Crippen molar-refractivity contribution in [2.45, 2.75) is 374 Å². The second kappa shape index (κ2) is 62.2. The maximum Gasteiger partial charge on any atom is 0.472 e. The minimum Gasteiger partial charge on any atom is -0.462 e. The quantitative estimate of drug-likeness (QED) is 0.0222. The van der Waals surface area contributed by atoms with Gasteiger partial charge < -0.3 is 33.8 Å². The van der Waals surface area contributed by atoms with E-state index in [9.17, 15) is 43.2 Å². The molecule has 528 valence electrons. The van der Waals surface area contributed by atoms with Crippen LogP contribution in [0.15, 0.2) is 0 Å². The van der Waals surface area contributed by atoms with Crippen LogP contribution in [0.2, 0.25) is 0 Å². The Kier molecular flexibility index (Phi) is 60.8. The van der Waals surface area contributed by atoms with Gasteiger partial charge in [-0.1, -0.05) is 305 Å². The van der Waals surface area contributed by atoms with Gasteiger partial charge in [-0.25, -0.2) is 9.13 Å². The molecule has 0 bridgehead atoms. The number of esters is 4. The van der Waals surface area contributed by atoms with E-state index in [1.165, 1.54) is 167 Å². The molecule has 0 aromatic carbocycles. The topological polar surface area (TPSA) is 237 Å². The van der Waals surface area contributed by atoms with E-state index in [1.54, 1.807) is 0 Å². The fraction of sp³-hybridized carbons (Fsp3) is 0.943. The molecule has 2 unspecified atom stereocenters. The lowest BCUT2D eigenvalue weighted by molar-refractivity contribution is -0.161. The van der Waals surface area contributed by atoms with E-state index in [0.717, 1.165) is 108 Å². The monoisotopic (exact) mass is 1310 g/mol. The first-order chi connectivity index (χ1) is 42.9. The Balaban J connectivity index is 5.20. The lowest BCUT2D eigenvalue weighted by Crippen LogP contribution is -2.30. The van der Waals surface area contributed by atoms with Crippen molar-refractivity contribution in [3.63, 3.8) is 0 Å². The zero-order valence-corrected chi connectivity index (χ0v) is 59.5. The molecule has 0 aliphatic rings. The van der Waals surface area contributed by atoms with Gasteiger partial charge in [-0.2, -0.15) is 0 Å². The van der Waals surface area contributed by atoms with E-state index in [-0.39, 0.29) is 25.7 Å². The highest BCUT2D eigenvalue weighted by molar-refractivity contribution is 7.47. The summed E-state index contributed by atoms with van der Waals surface area (Å²) in [6.07, 6.45) is 47.2. The van der Waals surface area contributed by atoms with E-state index >= 15 is 0 Å². The van der Waals surface area contributed by atoms with Crippen molar-refractivity contribution in [2.75, 3.05) is 39.6 Å². The van der Waals surface area contributed by atoms with Crippen LogP contribution in [0.5, 0.6) is 0 Å². The van der Waals surface area contributed by atoms with Gasteiger partial charge >= 0.3 is 39.5 Å². The van der Waals surface area contributed by atoms with E-state index in [0.29, 0.717) is 25.7 Å². The first-order valence-electron chi connectivity index (χ1n) is 36.5. The molecule has 5 atom stereocenters. The van der Waals surface area contributed by atoms with Crippen molar-refractivity contribution in [3.8, 4) is 0 Å². The predicted molar refractivity (Wildman–Crippen MR) is 358 cm³/mol. The number of unbranched alkanes of at least 4 members (excludes halogenated alkanes) is 39. The van der Waals surface area contributed by atoms with Gasteiger partial charge in [0.25, 0.3) is 0 Å². The summed E-state index contributed by atoms with van der Waals surface area (Å²) < 4.78 is 68.2. The van der Waals surface area contributed by atoms with Crippen molar-refractivity contribution in [3.05, 3.63) is 0 Å². The van der Waals surface area contributed by atoms with Crippen molar-refractivity contribution in [1.29, 1.82) is 0 Å². The van der Waals surface area contributed by atoms with Crippen LogP contribution in [0.25, 0.3) is 0 Å². The second-order valence-corrected chi connectivity index (χ2v) is 29.1. The van der Waals surface area contributed by atoms with Crippen LogP contribution in [0, 0.1) is 11.8 Å². The van der Waals surface area contributed by atoms with Gasteiger partial charge in [-0.05, 0) is 37.5 Å². The number of hydrogen-bond acceptors (Lipinski definition) is 15. The van der Waals surface area contributed by atoms with Crippen LogP contribution in [0.3, 0.4) is 0 Å². The highest BCUT2D eigenvalue weighted by Gasteiger charge is 2.30. The fourth-order valence-electron chi connectivity index (χ4n) is 10.6. The third-order valence-electron chi connectivity index (χ3n) is 16.2. The van der Waals surface area contributed by atoms with Crippen LogP contribution in [0.1, 0.15) is 356 Å². The molecule has 17 nitrogen and oxygen atoms in total. The van der Waals surface area contributed by atoms with Gasteiger partial charge in [0.05, 0.1) is 26.4 Å². The van der Waals surface area contributed by atoms with Gasteiger partial charge in [-0.3, -0.25) is 37.3 Å². The number of aliphatic hydroxyl groups is 1. The van der Waals surface area contributed by atoms with E-state index in [4.69, 9.17) is 37.0 Å². The predicted octanol–water partition coefficient (Wildman–Crippen LogP) is 20.0. The minimum atomic E-state index is -4.95. The largest absolute Gasteiger partial charge is 0.472 e. The Hall–Kier alpha value is -1.94. The second-order valence-electron chi connectivity index (χ2n) is 26.2. The standard InChI is InChI=1S/C70H136O17P2/c1-7-9-11-13-15-17-18-25-28-35-41-47-53-68(73)81-59-66(86-69(74)54-48-42-36-29-26-23-21-19-20-22-24-27-32-38-44-50-62(3)4)61-85-89(78,79)83-57-64(71)56-82-88(76,77)84-60-65(58-80-67(72)52-46-40-34-16-14-12-10-8-2)87-70(75)55-49-43-37-31-30-33-39-45-51-63(5)6/h62-66,71H,7-61H2,1-6H3,(H,76,77)(H,78,79)/t64-,65+,66+/m0/s1. The maximum absolute atomic E-state index is 13.0. The summed E-state index contributed by atoms with van der Waals surface area (Å²) in [5.74, 6) is -0.606. The van der Waals surface area contributed by atoms with Gasteiger partial charge in [0.1, 0.15) is 19.3 Å². The number of ether oxygens (including phenoxy) is 4. The molecule has 0 saturated heterocycles. The zero-order valence-electron chi connectivity index (χ0n) is 57.7. The molecule has 0 heterocycles. The molecule has 0 aromatic rings. The molecular formula is C70H136O17P2. The van der Waals surface area contributed by atoms with Crippen molar-refractivity contribution >= 4 is 39.5 Å². The number of aliphatic hydroxyl groups excluding tert-OH is 1. The molecule has 0 spiro atoms. The molecule has 0 saturated carbocycles. The molecule has 0 amide bonds. The summed E-state index contributed by atoms with van der Waals surface area (Å²) in [6.45, 7) is 9.51. The fourth-order valence-corrected chi connectivity index (χ4v) is 12.2. The molecule has 3 N–H and O–H groups in total. The summed E-state index contributed by atoms with van der Waals surface area (Å²) in [4.78, 5) is 72.4. The Morgan fingerprint density at radius 2 is 0.517 bits per heavy atom. The highest BCUT2D eigenvalue weighted by Crippen LogP contribution is 2.45. The Morgan fingerprint density at radius 3 is 0.764 bits per heavy atom. The summed E-state index contributed by atoms with van der Waals surface area (Å²) in [6, 6.07) is 0. The molecule has 0 aliphatic heterocycles. The summed E-state index contributed by atoms with van der Waals surface area (Å²) in [5.41, 5.74) is 0. The molecule has 0 aliphatic carbocycles. The Labute approximate surface area is 543 Å². The van der Waals surface area contributed by atoms with E-state index < -0.39 is 97.5 Å². The average Bonchev–Trinajstić information content (AvgIpc) is 3.62. The third-order valence-corrected chi connectivity index (χ3v) is 18.1. The normalized spacial score (nSPS) is 14.1. The average molecular weight is 1310 g/mol. The SMILES string of the molecule is CCCCCCCCCCCCCCC(=O)OC[C@H](COP(=O)(O)OC[C@@H](O)COP(=O)(O)OC[C@@H](COC(=O)CCCCCCCCCC)OC(=O)CCCCCCCCCCC(C)C)OC(=O)CCCCCCCCCCCCCCCCCC(C)C. The number of hydrogen-bond donors (Lipinski definition) is 3. The number of carbonyl (C=O) groups excluding carboxylic acids is 4. The van der Waals surface area contributed by atoms with Crippen LogP contribution in [0.4, 0.5) is 0 Å². The van der Waals surface area contributed by atoms with Crippen LogP contribution in [-0.2, 0) is 65.4 Å². The zero-order chi connectivity index (χ0) is 65.7. The number of carbonyl (C=O) groups is 4. The number of phosphoric acid groups is 2. The van der Waals surface area contributed by atoms with Crippen molar-refractivity contribution in [2.24, 2.45) is 11.8 Å². The van der Waals surface area contributed by atoms with Crippen LogP contribution < -0.4 is 0 Å². The van der Waals surface area contributed by atoms with Gasteiger partial charge in [0.15, 0.2) is 12.2 Å². The molecule has 0 aromatic heterocycles. The molecule has 0 fully saturated rings. The lowest BCUT2D eigenvalue weighted by Gasteiger charge is -2.21. The molecule has 89 heavy (non-hydrogen) atoms. The lowest BCUT2D eigenvalue weighted by atomic mass is 10.0. The highest BCUT2D eigenvalue weighted by atomic mass is 31.2. The van der Waals surface area contributed by atoms with Gasteiger partial charge in [-0.15, -0.1) is 0 Å². The summed E-state index contributed by atoms with van der Waals surface area (Å²) >= 11 is 0. The van der Waals surface area contributed by atoms with Crippen molar-refractivity contribution in [1.82, 2.24) is 0 Å². The molecular weight excluding hydrogens is 1170 g/mol. The Bertz CT molecular complexity index is 1730. The first-order valence-corrected chi connectivity index (χ1v) is 39.5.